The van der Waals surface area contributed by atoms with Crippen LogP contribution in [0.5, 0.6) is 0 Å². The number of hydrogen-bond donors (Lipinski definition) is 1. The van der Waals surface area contributed by atoms with Gasteiger partial charge in [-0.2, -0.15) is 13.2 Å². The van der Waals surface area contributed by atoms with E-state index in [2.05, 4.69) is 15.5 Å². The number of oxime groups is 1. The lowest BCUT2D eigenvalue weighted by Gasteiger charge is -2.14. The molecule has 0 aliphatic carbocycles. The largest absolute Gasteiger partial charge is 0.416 e. The quantitative estimate of drug-likeness (QED) is 0.676. The van der Waals surface area contributed by atoms with Crippen LogP contribution in [0.4, 0.5) is 13.2 Å². The van der Waals surface area contributed by atoms with Crippen LogP contribution in [0.1, 0.15) is 28.0 Å². The summed E-state index contributed by atoms with van der Waals surface area (Å²) < 4.78 is 39.5. The predicted molar refractivity (Wildman–Crippen MR) is 106 cm³/mol. The Kier molecular flexibility index (Phi) is 5.39. The maximum atomic E-state index is 13.2. The van der Waals surface area contributed by atoms with Gasteiger partial charge in [0.05, 0.1) is 17.8 Å². The highest BCUT2D eigenvalue weighted by atomic mass is 19.4. The summed E-state index contributed by atoms with van der Waals surface area (Å²) in [5.74, 6) is -0.347. The fourth-order valence-electron chi connectivity index (χ4n) is 3.49. The van der Waals surface area contributed by atoms with E-state index in [1.54, 1.807) is 12.3 Å². The highest BCUT2D eigenvalue weighted by Crippen LogP contribution is 2.33. The van der Waals surface area contributed by atoms with Crippen LogP contribution in [0.2, 0.25) is 0 Å². The predicted octanol–water partition coefficient (Wildman–Crippen LogP) is 4.37. The highest BCUT2D eigenvalue weighted by molar-refractivity contribution is 6.06. The molecule has 4 rings (SSSR count). The van der Waals surface area contributed by atoms with Gasteiger partial charge in [-0.15, -0.1) is 0 Å². The van der Waals surface area contributed by atoms with Gasteiger partial charge in [0.2, 0.25) is 0 Å². The molecule has 1 aromatic heterocycles. The number of carbonyl (C=O) groups is 1. The van der Waals surface area contributed by atoms with Gasteiger partial charge in [0.25, 0.3) is 5.91 Å². The first kappa shape index (κ1) is 19.9. The number of nitrogens with zero attached hydrogens (tertiary/aromatic N) is 2. The van der Waals surface area contributed by atoms with Crippen LogP contribution < -0.4 is 5.32 Å². The lowest BCUT2D eigenvalue weighted by Crippen LogP contribution is -2.30. The Hall–Kier alpha value is -3.42. The maximum absolute atomic E-state index is 13.2. The fraction of sp³-hybridized carbons (Fsp3) is 0.227. The van der Waals surface area contributed by atoms with E-state index >= 15 is 0 Å². The summed E-state index contributed by atoms with van der Waals surface area (Å²) in [6.45, 7) is 0.140. The van der Waals surface area contributed by atoms with Crippen molar-refractivity contribution >= 4 is 22.4 Å². The standard InChI is InChI=1S/C22H18F3N3O2/c23-22(24,25)19-8-4-2-6-15(19)11-17-12-16(28-30-17)13-27-21(29)20-18-7-3-1-5-14(18)9-10-26-20/h1-10,17H,11-13H2,(H,27,29). The summed E-state index contributed by atoms with van der Waals surface area (Å²) in [5.41, 5.74) is 0.370. The molecule has 1 atom stereocenters. The average Bonchev–Trinajstić information content (AvgIpc) is 3.18. The first-order valence-corrected chi connectivity index (χ1v) is 9.40. The number of rotatable bonds is 5. The van der Waals surface area contributed by atoms with Crippen molar-refractivity contribution in [3.8, 4) is 0 Å². The number of benzene rings is 2. The van der Waals surface area contributed by atoms with E-state index in [0.717, 1.165) is 16.8 Å². The van der Waals surface area contributed by atoms with Crippen LogP contribution in [0.3, 0.4) is 0 Å². The third-order valence-electron chi connectivity index (χ3n) is 4.91. The van der Waals surface area contributed by atoms with Gasteiger partial charge in [-0.3, -0.25) is 9.78 Å². The normalized spacial score (nSPS) is 16.2. The number of halogens is 3. The molecule has 0 radical (unpaired) electrons. The summed E-state index contributed by atoms with van der Waals surface area (Å²) >= 11 is 0. The van der Waals surface area contributed by atoms with E-state index in [4.69, 9.17) is 4.84 Å². The second-order valence-electron chi connectivity index (χ2n) is 7.01. The third-order valence-corrected chi connectivity index (χ3v) is 4.91. The van der Waals surface area contributed by atoms with Crippen LogP contribution >= 0.6 is 0 Å². The molecule has 1 amide bonds. The Morgan fingerprint density at radius 2 is 1.87 bits per heavy atom. The topological polar surface area (TPSA) is 63.6 Å². The van der Waals surface area contributed by atoms with E-state index in [1.807, 2.05) is 30.3 Å². The molecule has 0 saturated carbocycles. The van der Waals surface area contributed by atoms with Crippen molar-refractivity contribution < 1.29 is 22.8 Å². The molecule has 30 heavy (non-hydrogen) atoms. The Morgan fingerprint density at radius 3 is 2.70 bits per heavy atom. The molecule has 3 aromatic rings. The number of pyridine rings is 1. The zero-order valence-electron chi connectivity index (χ0n) is 15.8. The minimum Gasteiger partial charge on any atom is -0.392 e. The Labute approximate surface area is 170 Å². The van der Waals surface area contributed by atoms with Gasteiger partial charge in [0.1, 0.15) is 11.8 Å². The number of alkyl halides is 3. The summed E-state index contributed by atoms with van der Waals surface area (Å²) in [6, 6.07) is 14.7. The molecule has 0 spiro atoms. The smallest absolute Gasteiger partial charge is 0.392 e. The van der Waals surface area contributed by atoms with Gasteiger partial charge in [0, 0.05) is 24.4 Å². The maximum Gasteiger partial charge on any atom is 0.416 e. The molecule has 1 aliphatic rings. The molecule has 8 heteroatoms. The van der Waals surface area contributed by atoms with Crippen molar-refractivity contribution in [2.75, 3.05) is 6.54 Å². The molecular weight excluding hydrogens is 395 g/mol. The molecular formula is C22H18F3N3O2. The van der Waals surface area contributed by atoms with E-state index in [-0.39, 0.29) is 24.4 Å². The van der Waals surface area contributed by atoms with Crippen molar-refractivity contribution in [3.05, 3.63) is 77.6 Å². The van der Waals surface area contributed by atoms with Crippen LogP contribution in [0, 0.1) is 0 Å². The summed E-state index contributed by atoms with van der Waals surface area (Å²) in [6.07, 6.45) is -2.92. The van der Waals surface area contributed by atoms with Gasteiger partial charge >= 0.3 is 6.18 Å². The minimum atomic E-state index is -4.42. The fourth-order valence-corrected chi connectivity index (χ4v) is 3.49. The van der Waals surface area contributed by atoms with E-state index in [0.29, 0.717) is 17.8 Å². The van der Waals surface area contributed by atoms with Crippen LogP contribution in [0.25, 0.3) is 10.8 Å². The SMILES string of the molecule is O=C(NCC1=NOC(Cc2ccccc2C(F)(F)F)C1)c1nccc2ccccc12. The second-order valence-corrected chi connectivity index (χ2v) is 7.01. The molecule has 1 N–H and O–H groups in total. The average molecular weight is 413 g/mol. The van der Waals surface area contributed by atoms with Crippen molar-refractivity contribution in [2.45, 2.75) is 25.1 Å². The minimum absolute atomic E-state index is 0.0848. The molecule has 0 bridgehead atoms. The van der Waals surface area contributed by atoms with Gasteiger partial charge in [0.15, 0.2) is 0 Å². The lowest BCUT2D eigenvalue weighted by atomic mass is 9.99. The number of amides is 1. The first-order valence-electron chi connectivity index (χ1n) is 9.40. The molecule has 1 unspecified atom stereocenters. The van der Waals surface area contributed by atoms with Crippen molar-refractivity contribution in [1.29, 1.82) is 0 Å². The molecule has 154 valence electrons. The molecule has 0 fully saturated rings. The number of hydrogen-bond acceptors (Lipinski definition) is 4. The lowest BCUT2D eigenvalue weighted by molar-refractivity contribution is -0.138. The number of aromatic nitrogens is 1. The van der Waals surface area contributed by atoms with Gasteiger partial charge in [-0.1, -0.05) is 47.6 Å². The molecule has 1 aliphatic heterocycles. The number of fused-ring (bicyclic) bond motifs is 1. The molecule has 5 nitrogen and oxygen atoms in total. The third kappa shape index (κ3) is 4.27. The molecule has 2 heterocycles. The van der Waals surface area contributed by atoms with Crippen molar-refractivity contribution in [3.63, 3.8) is 0 Å². The summed E-state index contributed by atoms with van der Waals surface area (Å²) in [7, 11) is 0. The Morgan fingerprint density at radius 1 is 1.10 bits per heavy atom. The summed E-state index contributed by atoms with van der Waals surface area (Å²) in [4.78, 5) is 22.0. The molecule has 0 saturated heterocycles. The Bertz CT molecular complexity index is 1110. The second kappa shape index (κ2) is 8.14. The summed E-state index contributed by atoms with van der Waals surface area (Å²) in [5, 5.41) is 8.34. The zero-order chi connectivity index (χ0) is 21.1. The van der Waals surface area contributed by atoms with E-state index in [9.17, 15) is 18.0 Å². The zero-order valence-corrected chi connectivity index (χ0v) is 15.8. The van der Waals surface area contributed by atoms with Gasteiger partial charge < -0.3 is 10.2 Å². The van der Waals surface area contributed by atoms with Crippen LogP contribution in [0.15, 0.2) is 65.9 Å². The van der Waals surface area contributed by atoms with E-state index < -0.39 is 17.8 Å². The monoisotopic (exact) mass is 413 g/mol. The molecule has 2 aromatic carbocycles. The highest BCUT2D eigenvalue weighted by Gasteiger charge is 2.34. The van der Waals surface area contributed by atoms with Crippen molar-refractivity contribution in [1.82, 2.24) is 10.3 Å². The first-order chi connectivity index (χ1) is 14.4. The number of nitrogens with one attached hydrogen (secondary N) is 1. The van der Waals surface area contributed by atoms with E-state index in [1.165, 1.54) is 12.1 Å². The van der Waals surface area contributed by atoms with Crippen molar-refractivity contribution in [2.24, 2.45) is 5.16 Å². The van der Waals surface area contributed by atoms with Crippen LogP contribution in [-0.4, -0.2) is 29.3 Å². The number of carbonyl (C=O) groups excluding carboxylic acids is 1. The van der Waals surface area contributed by atoms with Gasteiger partial charge in [-0.25, -0.2) is 0 Å². The van der Waals surface area contributed by atoms with Crippen LogP contribution in [-0.2, 0) is 17.4 Å². The van der Waals surface area contributed by atoms with Gasteiger partial charge in [-0.05, 0) is 23.1 Å². The Balaban J connectivity index is 1.36.